The van der Waals surface area contributed by atoms with Crippen LogP contribution < -0.4 is 5.73 Å². The third-order valence-corrected chi connectivity index (χ3v) is 5.13. The van der Waals surface area contributed by atoms with Gasteiger partial charge >= 0.3 is 0 Å². The number of amides is 1. The van der Waals surface area contributed by atoms with Crippen molar-refractivity contribution in [2.24, 2.45) is 17.1 Å². The van der Waals surface area contributed by atoms with Crippen molar-refractivity contribution in [3.63, 3.8) is 0 Å². The average molecular weight is 304 g/mol. The van der Waals surface area contributed by atoms with E-state index in [-0.39, 0.29) is 5.91 Å². The van der Waals surface area contributed by atoms with Crippen LogP contribution in [0, 0.1) is 23.2 Å². The van der Waals surface area contributed by atoms with E-state index in [0.29, 0.717) is 17.9 Å². The lowest BCUT2D eigenvalue weighted by Gasteiger charge is -2.38. The summed E-state index contributed by atoms with van der Waals surface area (Å²) in [5.74, 6) is 6.66. The summed E-state index contributed by atoms with van der Waals surface area (Å²) in [6.07, 6.45) is 2.20. The number of thiophene rings is 1. The summed E-state index contributed by atoms with van der Waals surface area (Å²) in [6, 6.07) is 3.78. The fraction of sp³-hybridized carbons (Fsp3) is 0.588. The Bertz CT molecular complexity index is 551. The van der Waals surface area contributed by atoms with E-state index in [1.807, 2.05) is 17.0 Å². The number of likely N-dealkylation sites (tertiary alicyclic amines) is 1. The Balaban J connectivity index is 1.97. The molecule has 21 heavy (non-hydrogen) atoms. The highest BCUT2D eigenvalue weighted by molar-refractivity contribution is 7.14. The molecule has 1 fully saturated rings. The van der Waals surface area contributed by atoms with E-state index in [4.69, 9.17) is 5.73 Å². The van der Waals surface area contributed by atoms with Crippen LogP contribution in [0.5, 0.6) is 0 Å². The van der Waals surface area contributed by atoms with Crippen LogP contribution in [-0.2, 0) is 0 Å². The fourth-order valence-electron chi connectivity index (χ4n) is 2.76. The lowest BCUT2D eigenvalue weighted by molar-refractivity contribution is 0.0613. The zero-order valence-corrected chi connectivity index (χ0v) is 13.9. The molecule has 1 saturated heterocycles. The maximum atomic E-state index is 12.5. The van der Waals surface area contributed by atoms with Crippen molar-refractivity contribution in [1.82, 2.24) is 4.90 Å². The second-order valence-electron chi connectivity index (χ2n) is 6.60. The number of hydrogen-bond donors (Lipinski definition) is 1. The number of carbonyl (C=O) groups is 1. The van der Waals surface area contributed by atoms with Crippen molar-refractivity contribution in [2.45, 2.75) is 33.6 Å². The molecular formula is C17H24N2OS. The summed E-state index contributed by atoms with van der Waals surface area (Å²) >= 11 is 1.46. The van der Waals surface area contributed by atoms with Crippen LogP contribution in [0.2, 0.25) is 0 Å². The minimum Gasteiger partial charge on any atom is -0.338 e. The highest BCUT2D eigenvalue weighted by Crippen LogP contribution is 2.34. The quantitative estimate of drug-likeness (QED) is 0.811. The molecule has 2 rings (SSSR count). The Morgan fingerprint density at radius 1 is 1.38 bits per heavy atom. The van der Waals surface area contributed by atoms with Gasteiger partial charge in [-0.1, -0.05) is 32.6 Å². The first-order valence-electron chi connectivity index (χ1n) is 7.50. The summed E-state index contributed by atoms with van der Waals surface area (Å²) in [5.41, 5.74) is 5.70. The maximum absolute atomic E-state index is 12.5. The van der Waals surface area contributed by atoms with E-state index in [2.05, 4.69) is 32.6 Å². The van der Waals surface area contributed by atoms with Crippen LogP contribution >= 0.6 is 11.3 Å². The van der Waals surface area contributed by atoms with Crippen molar-refractivity contribution < 1.29 is 4.79 Å². The van der Waals surface area contributed by atoms with Gasteiger partial charge in [0.1, 0.15) is 0 Å². The molecule has 1 aliphatic heterocycles. The van der Waals surface area contributed by atoms with Gasteiger partial charge in [-0.2, -0.15) is 0 Å². The van der Waals surface area contributed by atoms with Gasteiger partial charge in [0.25, 0.3) is 5.91 Å². The largest absolute Gasteiger partial charge is 0.338 e. The molecule has 0 bridgehead atoms. The second-order valence-corrected chi connectivity index (χ2v) is 7.69. The molecule has 0 aliphatic carbocycles. The smallest absolute Gasteiger partial charge is 0.263 e. The molecule has 0 aromatic carbocycles. The Labute approximate surface area is 131 Å². The topological polar surface area (TPSA) is 46.3 Å². The Morgan fingerprint density at radius 3 is 2.62 bits per heavy atom. The van der Waals surface area contributed by atoms with E-state index in [0.717, 1.165) is 35.7 Å². The minimum absolute atomic E-state index is 0.146. The van der Waals surface area contributed by atoms with Gasteiger partial charge in [0.2, 0.25) is 0 Å². The van der Waals surface area contributed by atoms with Crippen molar-refractivity contribution >= 4 is 17.2 Å². The Kier molecular flexibility index (Phi) is 5.08. The molecule has 0 spiro atoms. The molecule has 1 aromatic heterocycles. The normalized spacial score (nSPS) is 16.5. The van der Waals surface area contributed by atoms with Gasteiger partial charge < -0.3 is 10.6 Å². The summed E-state index contributed by atoms with van der Waals surface area (Å²) in [7, 11) is 0. The molecule has 114 valence electrons. The van der Waals surface area contributed by atoms with E-state index in [1.165, 1.54) is 11.3 Å². The first kappa shape index (κ1) is 16.1. The Hall–Kier alpha value is -1.31. The molecule has 0 radical (unpaired) electrons. The van der Waals surface area contributed by atoms with Crippen LogP contribution in [0.25, 0.3) is 0 Å². The SMILES string of the molecule is CC(C)(C)C1CCN(C(=O)c2ccc(C#CCN)s2)CC1. The first-order valence-corrected chi connectivity index (χ1v) is 8.31. The number of nitrogens with zero attached hydrogens (tertiary/aromatic N) is 1. The van der Waals surface area contributed by atoms with E-state index >= 15 is 0 Å². The van der Waals surface area contributed by atoms with Gasteiger partial charge in [-0.15, -0.1) is 11.3 Å². The van der Waals surface area contributed by atoms with Crippen molar-refractivity contribution in [2.75, 3.05) is 19.6 Å². The third kappa shape index (κ3) is 4.09. The van der Waals surface area contributed by atoms with Crippen LogP contribution in [-0.4, -0.2) is 30.4 Å². The number of rotatable bonds is 1. The highest BCUT2D eigenvalue weighted by Gasteiger charge is 2.30. The summed E-state index contributed by atoms with van der Waals surface area (Å²) in [6.45, 7) is 8.94. The average Bonchev–Trinajstić information content (AvgIpc) is 2.92. The Morgan fingerprint density at radius 2 is 2.05 bits per heavy atom. The van der Waals surface area contributed by atoms with Crippen LogP contribution in [0.3, 0.4) is 0 Å². The summed E-state index contributed by atoms with van der Waals surface area (Å²) in [5, 5.41) is 0. The third-order valence-electron chi connectivity index (χ3n) is 4.14. The van der Waals surface area contributed by atoms with E-state index in [1.54, 1.807) is 0 Å². The van der Waals surface area contributed by atoms with Gasteiger partial charge in [-0.25, -0.2) is 0 Å². The number of piperidine rings is 1. The molecule has 1 aromatic rings. The number of carbonyl (C=O) groups excluding carboxylic acids is 1. The molecule has 4 heteroatoms. The molecule has 0 atom stereocenters. The fourth-order valence-corrected chi connectivity index (χ4v) is 3.61. The zero-order valence-electron chi connectivity index (χ0n) is 13.1. The van der Waals surface area contributed by atoms with Gasteiger partial charge in [0.05, 0.1) is 16.3 Å². The monoisotopic (exact) mass is 304 g/mol. The van der Waals surface area contributed by atoms with Crippen molar-refractivity contribution in [1.29, 1.82) is 0 Å². The van der Waals surface area contributed by atoms with E-state index in [9.17, 15) is 4.79 Å². The summed E-state index contributed by atoms with van der Waals surface area (Å²) < 4.78 is 0. The lowest BCUT2D eigenvalue weighted by Crippen LogP contribution is -2.41. The van der Waals surface area contributed by atoms with Gasteiger partial charge in [-0.05, 0) is 36.3 Å². The molecule has 2 heterocycles. The summed E-state index contributed by atoms with van der Waals surface area (Å²) in [4.78, 5) is 16.2. The molecular weight excluding hydrogens is 280 g/mol. The minimum atomic E-state index is 0.146. The second kappa shape index (κ2) is 6.64. The van der Waals surface area contributed by atoms with Crippen molar-refractivity contribution in [3.8, 4) is 11.8 Å². The van der Waals surface area contributed by atoms with Crippen LogP contribution in [0.1, 0.15) is 48.2 Å². The van der Waals surface area contributed by atoms with E-state index < -0.39 is 0 Å². The lowest BCUT2D eigenvalue weighted by atomic mass is 9.75. The van der Waals surface area contributed by atoms with Gasteiger partial charge in [-0.3, -0.25) is 4.79 Å². The molecule has 3 nitrogen and oxygen atoms in total. The van der Waals surface area contributed by atoms with Crippen LogP contribution in [0.4, 0.5) is 0 Å². The number of hydrogen-bond acceptors (Lipinski definition) is 3. The van der Waals surface area contributed by atoms with Crippen LogP contribution in [0.15, 0.2) is 12.1 Å². The number of nitrogens with two attached hydrogens (primary N) is 1. The molecule has 1 aliphatic rings. The molecule has 0 saturated carbocycles. The molecule has 0 unspecified atom stereocenters. The molecule has 1 amide bonds. The standard InChI is InChI=1S/C17H24N2OS/c1-17(2,3)13-8-11-19(12-9-13)16(20)15-7-6-14(21-15)5-4-10-18/h6-7,13H,8-12,18H2,1-3H3. The zero-order chi connectivity index (χ0) is 15.5. The van der Waals surface area contributed by atoms with Gasteiger partial charge in [0, 0.05) is 13.1 Å². The molecule has 2 N–H and O–H groups in total. The van der Waals surface area contributed by atoms with Gasteiger partial charge in [0.15, 0.2) is 0 Å². The highest BCUT2D eigenvalue weighted by atomic mass is 32.1. The predicted molar refractivity (Wildman–Crippen MR) is 88.3 cm³/mol. The maximum Gasteiger partial charge on any atom is 0.263 e. The first-order chi connectivity index (χ1) is 9.91. The predicted octanol–water partition coefficient (Wildman–Crippen LogP) is 2.96. The van der Waals surface area contributed by atoms with Crippen molar-refractivity contribution in [3.05, 3.63) is 21.9 Å².